The number of para-hydroxylation sites is 1. The molecular weight excluding hydrogens is 458 g/mol. The number of carbonyl (C=O) groups excluding carboxylic acids is 3. The number of hydrogen-bond donors (Lipinski definition) is 3. The molecule has 1 aromatic carbocycles. The van der Waals surface area contributed by atoms with E-state index in [-0.39, 0.29) is 25.2 Å². The van der Waals surface area contributed by atoms with Crippen molar-refractivity contribution in [1.82, 2.24) is 10.3 Å². The molecule has 36 heavy (non-hydrogen) atoms. The highest BCUT2D eigenvalue weighted by Crippen LogP contribution is 2.16. The molecule has 1 amide bonds. The summed E-state index contributed by atoms with van der Waals surface area (Å²) in [4.78, 5) is 40.9. The molecule has 0 aliphatic carbocycles. The van der Waals surface area contributed by atoms with E-state index in [1.54, 1.807) is 0 Å². The van der Waals surface area contributed by atoms with E-state index in [9.17, 15) is 14.4 Å². The lowest BCUT2D eigenvalue weighted by atomic mass is 10.1. The standard InChI is InChI=1S/C28H43N3O5/c1-3-5-7-11-17-35-27(33)23(29)15-16-26(32)31-25(28(34)36-18-12-8-6-4-2)20-22-19-21-13-9-10-14-24(21)30-22/h9-10,13-14,19,23,25,30H,3-8,11-12,15-18,20,29H2,1-2H3,(H,31,32)/t23-,25-/m1/s1. The zero-order valence-electron chi connectivity index (χ0n) is 21.9. The van der Waals surface area contributed by atoms with Crippen LogP contribution >= 0.6 is 0 Å². The quantitative estimate of drug-likeness (QED) is 0.203. The molecule has 8 heteroatoms. The van der Waals surface area contributed by atoms with Crippen LogP contribution < -0.4 is 11.1 Å². The summed E-state index contributed by atoms with van der Waals surface area (Å²) in [7, 11) is 0. The average Bonchev–Trinajstić information content (AvgIpc) is 3.28. The number of nitrogens with one attached hydrogen (secondary N) is 2. The Bertz CT molecular complexity index is 909. The number of nitrogens with two attached hydrogens (primary N) is 1. The number of aromatic nitrogens is 1. The van der Waals surface area contributed by atoms with E-state index in [0.29, 0.717) is 13.2 Å². The molecule has 1 aromatic heterocycles. The van der Waals surface area contributed by atoms with Gasteiger partial charge in [-0.3, -0.25) is 9.59 Å². The number of fused-ring (bicyclic) bond motifs is 1. The van der Waals surface area contributed by atoms with Crippen LogP contribution in [0.4, 0.5) is 0 Å². The highest BCUT2D eigenvalue weighted by atomic mass is 16.5. The molecule has 0 saturated heterocycles. The van der Waals surface area contributed by atoms with E-state index in [1.807, 2.05) is 30.3 Å². The number of amides is 1. The fraction of sp³-hybridized carbons (Fsp3) is 0.607. The van der Waals surface area contributed by atoms with Gasteiger partial charge in [-0.1, -0.05) is 70.6 Å². The molecule has 4 N–H and O–H groups in total. The molecular formula is C28H43N3O5. The summed E-state index contributed by atoms with van der Waals surface area (Å²) in [6.07, 6.45) is 8.44. The van der Waals surface area contributed by atoms with Crippen LogP contribution in [0.3, 0.4) is 0 Å². The predicted molar refractivity (Wildman–Crippen MR) is 141 cm³/mol. The van der Waals surface area contributed by atoms with Gasteiger partial charge in [-0.25, -0.2) is 4.79 Å². The summed E-state index contributed by atoms with van der Waals surface area (Å²) in [6, 6.07) is 8.09. The number of ether oxygens (including phenoxy) is 2. The van der Waals surface area contributed by atoms with Crippen molar-refractivity contribution in [3.63, 3.8) is 0 Å². The average molecular weight is 502 g/mol. The van der Waals surface area contributed by atoms with Crippen molar-refractivity contribution < 1.29 is 23.9 Å². The highest BCUT2D eigenvalue weighted by Gasteiger charge is 2.25. The number of hydrogen-bond acceptors (Lipinski definition) is 6. The molecule has 0 aliphatic heterocycles. The van der Waals surface area contributed by atoms with Crippen LogP contribution in [0, 0.1) is 0 Å². The molecule has 2 rings (SSSR count). The van der Waals surface area contributed by atoms with E-state index in [0.717, 1.165) is 68.0 Å². The van der Waals surface area contributed by atoms with E-state index in [4.69, 9.17) is 15.2 Å². The second-order valence-electron chi connectivity index (χ2n) is 9.31. The maximum absolute atomic E-state index is 12.8. The van der Waals surface area contributed by atoms with Crippen LogP contribution in [0.2, 0.25) is 0 Å². The topological polar surface area (TPSA) is 124 Å². The molecule has 1 heterocycles. The van der Waals surface area contributed by atoms with Crippen LogP contribution in [0.1, 0.15) is 83.7 Å². The maximum atomic E-state index is 12.8. The normalized spacial score (nSPS) is 12.8. The minimum Gasteiger partial charge on any atom is -0.465 e. The number of aromatic amines is 1. The molecule has 8 nitrogen and oxygen atoms in total. The maximum Gasteiger partial charge on any atom is 0.329 e. The summed E-state index contributed by atoms with van der Waals surface area (Å²) >= 11 is 0. The van der Waals surface area contributed by atoms with Crippen LogP contribution in [-0.4, -0.2) is 48.1 Å². The second kappa shape index (κ2) is 16.7. The van der Waals surface area contributed by atoms with Crippen molar-refractivity contribution in [2.75, 3.05) is 13.2 Å². The van der Waals surface area contributed by atoms with Gasteiger partial charge >= 0.3 is 11.9 Å². The molecule has 0 aliphatic rings. The van der Waals surface area contributed by atoms with E-state index >= 15 is 0 Å². The van der Waals surface area contributed by atoms with Gasteiger partial charge in [0.1, 0.15) is 12.1 Å². The van der Waals surface area contributed by atoms with E-state index in [1.165, 1.54) is 0 Å². The number of unbranched alkanes of at least 4 members (excludes halogenated alkanes) is 6. The van der Waals surface area contributed by atoms with Crippen LogP contribution in [0.15, 0.2) is 30.3 Å². The largest absolute Gasteiger partial charge is 0.465 e. The Morgan fingerprint density at radius 2 is 1.56 bits per heavy atom. The molecule has 2 aromatic rings. The Labute approximate surface area is 214 Å². The minimum absolute atomic E-state index is 0.0130. The number of esters is 2. The lowest BCUT2D eigenvalue weighted by Gasteiger charge is -2.18. The van der Waals surface area contributed by atoms with Crippen molar-refractivity contribution >= 4 is 28.7 Å². The van der Waals surface area contributed by atoms with Crippen LogP contribution in [0.25, 0.3) is 10.9 Å². The van der Waals surface area contributed by atoms with Crippen molar-refractivity contribution in [2.24, 2.45) is 5.73 Å². The lowest BCUT2D eigenvalue weighted by Crippen LogP contribution is -2.44. The number of benzene rings is 1. The third-order valence-corrected chi connectivity index (χ3v) is 6.10. The van der Waals surface area contributed by atoms with Gasteiger partial charge in [0.2, 0.25) is 5.91 Å². The van der Waals surface area contributed by atoms with Crippen molar-refractivity contribution in [1.29, 1.82) is 0 Å². The third kappa shape index (κ3) is 10.8. The first-order valence-electron chi connectivity index (χ1n) is 13.4. The molecule has 0 unspecified atom stereocenters. The molecule has 0 bridgehead atoms. The Balaban J connectivity index is 1.88. The summed E-state index contributed by atoms with van der Waals surface area (Å²) in [5.41, 5.74) is 7.71. The molecule has 0 spiro atoms. The Morgan fingerprint density at radius 1 is 0.917 bits per heavy atom. The molecule has 2 atom stereocenters. The van der Waals surface area contributed by atoms with Crippen molar-refractivity contribution in [2.45, 2.75) is 96.6 Å². The smallest absolute Gasteiger partial charge is 0.329 e. The van der Waals surface area contributed by atoms with Gasteiger partial charge in [0.05, 0.1) is 13.2 Å². The summed E-state index contributed by atoms with van der Waals surface area (Å²) in [6.45, 7) is 4.91. The van der Waals surface area contributed by atoms with E-state index in [2.05, 4.69) is 24.1 Å². The molecule has 0 saturated carbocycles. The first-order valence-corrected chi connectivity index (χ1v) is 13.4. The number of rotatable bonds is 18. The second-order valence-corrected chi connectivity index (χ2v) is 9.31. The SMILES string of the molecule is CCCCCCOC(=O)[C@H](N)CCC(=O)N[C@H](Cc1cc2ccccc2[nH]1)C(=O)OCCCCCC. The van der Waals surface area contributed by atoms with Gasteiger partial charge in [0, 0.05) is 24.1 Å². The van der Waals surface area contributed by atoms with E-state index < -0.39 is 24.0 Å². The Hall–Kier alpha value is -2.87. The van der Waals surface area contributed by atoms with Gasteiger partial charge in [-0.05, 0) is 36.8 Å². The summed E-state index contributed by atoms with van der Waals surface area (Å²) in [5.74, 6) is -1.32. The Morgan fingerprint density at radius 3 is 2.19 bits per heavy atom. The van der Waals surface area contributed by atoms with Gasteiger partial charge in [0.15, 0.2) is 0 Å². The number of carbonyl (C=O) groups is 3. The molecule has 0 fully saturated rings. The van der Waals surface area contributed by atoms with Gasteiger partial charge in [-0.2, -0.15) is 0 Å². The zero-order valence-corrected chi connectivity index (χ0v) is 21.9. The predicted octanol–water partition coefficient (Wildman–Crippen LogP) is 4.55. The van der Waals surface area contributed by atoms with Crippen molar-refractivity contribution in [3.8, 4) is 0 Å². The first kappa shape index (κ1) is 29.4. The zero-order chi connectivity index (χ0) is 26.2. The monoisotopic (exact) mass is 501 g/mol. The van der Waals surface area contributed by atoms with Gasteiger partial charge < -0.3 is 25.5 Å². The van der Waals surface area contributed by atoms with Gasteiger partial charge in [-0.15, -0.1) is 0 Å². The Kier molecular flexibility index (Phi) is 13.7. The fourth-order valence-corrected chi connectivity index (χ4v) is 3.94. The minimum atomic E-state index is -0.875. The third-order valence-electron chi connectivity index (χ3n) is 6.10. The molecule has 0 radical (unpaired) electrons. The van der Waals surface area contributed by atoms with Crippen LogP contribution in [-0.2, 0) is 30.3 Å². The van der Waals surface area contributed by atoms with Crippen LogP contribution in [0.5, 0.6) is 0 Å². The van der Waals surface area contributed by atoms with Gasteiger partial charge in [0.25, 0.3) is 0 Å². The summed E-state index contributed by atoms with van der Waals surface area (Å²) < 4.78 is 10.7. The summed E-state index contributed by atoms with van der Waals surface area (Å²) in [5, 5.41) is 3.81. The van der Waals surface area contributed by atoms with Crippen molar-refractivity contribution in [3.05, 3.63) is 36.0 Å². The lowest BCUT2D eigenvalue weighted by molar-refractivity contribution is -0.148. The first-order chi connectivity index (χ1) is 17.4. The fourth-order valence-electron chi connectivity index (χ4n) is 3.94. The number of H-pyrrole nitrogens is 1. The molecule has 200 valence electrons. The highest BCUT2D eigenvalue weighted by molar-refractivity contribution is 5.86.